The number of nitrogens with one attached hydrogen (secondary N) is 2. The van der Waals surface area contributed by atoms with Crippen LogP contribution in [0.3, 0.4) is 0 Å². The standard InChI is InChI=1S/C21H24ClN5O/c1-13(2)19(12-28)26-21-25-18(15-5-4-8-23-11-15)10-20(27-21)24-16-7-6-14(3)17(22)9-16/h4-11,13,19,28H,12H2,1-3H3,(H2,24,25,26,27)/t19-/m0/s1. The molecule has 0 unspecified atom stereocenters. The minimum atomic E-state index is -0.147. The summed E-state index contributed by atoms with van der Waals surface area (Å²) >= 11 is 6.24. The van der Waals surface area contributed by atoms with Gasteiger partial charge in [-0.2, -0.15) is 4.98 Å². The zero-order valence-corrected chi connectivity index (χ0v) is 16.9. The number of aromatic nitrogens is 3. The Balaban J connectivity index is 1.97. The first-order chi connectivity index (χ1) is 13.5. The Labute approximate surface area is 170 Å². The fraction of sp³-hybridized carbons (Fsp3) is 0.286. The van der Waals surface area contributed by atoms with E-state index in [0.29, 0.717) is 16.8 Å². The molecule has 3 aromatic rings. The van der Waals surface area contributed by atoms with Gasteiger partial charge in [0, 0.05) is 34.7 Å². The molecular weight excluding hydrogens is 374 g/mol. The highest BCUT2D eigenvalue weighted by Gasteiger charge is 2.15. The summed E-state index contributed by atoms with van der Waals surface area (Å²) in [7, 11) is 0. The first-order valence-corrected chi connectivity index (χ1v) is 9.54. The fourth-order valence-electron chi connectivity index (χ4n) is 2.65. The largest absolute Gasteiger partial charge is 0.394 e. The third-order valence-corrected chi connectivity index (χ3v) is 4.85. The molecule has 0 aliphatic carbocycles. The van der Waals surface area contributed by atoms with Gasteiger partial charge < -0.3 is 15.7 Å². The van der Waals surface area contributed by atoms with Gasteiger partial charge in [0.05, 0.1) is 18.3 Å². The Hall–Kier alpha value is -2.70. The van der Waals surface area contributed by atoms with Gasteiger partial charge in [0.15, 0.2) is 0 Å². The maximum Gasteiger partial charge on any atom is 0.225 e. The lowest BCUT2D eigenvalue weighted by Crippen LogP contribution is -2.30. The molecule has 0 aliphatic heterocycles. The predicted molar refractivity (Wildman–Crippen MR) is 114 cm³/mol. The number of rotatable bonds is 7. The van der Waals surface area contributed by atoms with Crippen LogP contribution in [0.4, 0.5) is 17.5 Å². The molecule has 146 valence electrons. The van der Waals surface area contributed by atoms with Crippen LogP contribution in [0.15, 0.2) is 48.8 Å². The summed E-state index contributed by atoms with van der Waals surface area (Å²) in [5.74, 6) is 1.29. The average Bonchev–Trinajstić information content (AvgIpc) is 2.69. The van der Waals surface area contributed by atoms with Gasteiger partial charge >= 0.3 is 0 Å². The van der Waals surface area contributed by atoms with Crippen molar-refractivity contribution in [3.05, 3.63) is 59.4 Å². The smallest absolute Gasteiger partial charge is 0.225 e. The first kappa shape index (κ1) is 20.0. The Morgan fingerprint density at radius 3 is 2.61 bits per heavy atom. The Morgan fingerprint density at radius 2 is 1.96 bits per heavy atom. The summed E-state index contributed by atoms with van der Waals surface area (Å²) in [5.41, 5.74) is 3.45. The van der Waals surface area contributed by atoms with E-state index in [1.54, 1.807) is 12.4 Å². The van der Waals surface area contributed by atoms with Gasteiger partial charge in [0.1, 0.15) is 5.82 Å². The van der Waals surface area contributed by atoms with Crippen molar-refractivity contribution >= 4 is 29.1 Å². The van der Waals surface area contributed by atoms with E-state index in [1.165, 1.54) is 0 Å². The highest BCUT2D eigenvalue weighted by atomic mass is 35.5. The molecule has 3 rings (SSSR count). The van der Waals surface area contributed by atoms with Gasteiger partial charge in [-0.15, -0.1) is 0 Å². The van der Waals surface area contributed by atoms with Crippen molar-refractivity contribution in [2.45, 2.75) is 26.8 Å². The van der Waals surface area contributed by atoms with E-state index in [2.05, 4.69) is 25.6 Å². The van der Waals surface area contributed by atoms with E-state index in [0.717, 1.165) is 22.5 Å². The molecule has 0 bridgehead atoms. The number of anilines is 3. The van der Waals surface area contributed by atoms with Crippen LogP contribution in [0.1, 0.15) is 19.4 Å². The van der Waals surface area contributed by atoms with Crippen molar-refractivity contribution < 1.29 is 5.11 Å². The van der Waals surface area contributed by atoms with Crippen molar-refractivity contribution in [2.75, 3.05) is 17.2 Å². The summed E-state index contributed by atoms with van der Waals surface area (Å²) in [4.78, 5) is 13.3. The Bertz CT molecular complexity index is 933. The van der Waals surface area contributed by atoms with Crippen LogP contribution in [0.2, 0.25) is 5.02 Å². The lowest BCUT2D eigenvalue weighted by Gasteiger charge is -2.20. The van der Waals surface area contributed by atoms with E-state index in [1.807, 2.05) is 57.2 Å². The van der Waals surface area contributed by atoms with Crippen molar-refractivity contribution in [2.24, 2.45) is 5.92 Å². The topological polar surface area (TPSA) is 83.0 Å². The van der Waals surface area contributed by atoms with Crippen LogP contribution in [0.5, 0.6) is 0 Å². The summed E-state index contributed by atoms with van der Waals surface area (Å²) < 4.78 is 0. The number of aliphatic hydroxyl groups is 1. The monoisotopic (exact) mass is 397 g/mol. The van der Waals surface area contributed by atoms with Crippen molar-refractivity contribution in [1.82, 2.24) is 15.0 Å². The predicted octanol–water partition coefficient (Wildman–Crippen LogP) is 4.67. The van der Waals surface area contributed by atoms with E-state index < -0.39 is 0 Å². The molecular formula is C21H24ClN5O. The number of aliphatic hydroxyl groups excluding tert-OH is 1. The van der Waals surface area contributed by atoms with E-state index in [-0.39, 0.29) is 18.6 Å². The highest BCUT2D eigenvalue weighted by molar-refractivity contribution is 6.31. The maximum atomic E-state index is 9.65. The number of halogens is 1. The Kier molecular flexibility index (Phi) is 6.44. The Morgan fingerprint density at radius 1 is 1.14 bits per heavy atom. The zero-order valence-electron chi connectivity index (χ0n) is 16.1. The second-order valence-corrected chi connectivity index (χ2v) is 7.38. The van der Waals surface area contributed by atoms with Crippen LogP contribution in [-0.2, 0) is 0 Å². The van der Waals surface area contributed by atoms with E-state index in [4.69, 9.17) is 11.6 Å². The SMILES string of the molecule is Cc1ccc(Nc2cc(-c3cccnc3)nc(N[C@@H](CO)C(C)C)n2)cc1Cl. The first-order valence-electron chi connectivity index (χ1n) is 9.16. The van der Waals surface area contributed by atoms with Gasteiger partial charge in [0.25, 0.3) is 0 Å². The molecule has 0 saturated heterocycles. The lowest BCUT2D eigenvalue weighted by molar-refractivity contribution is 0.248. The molecule has 2 aromatic heterocycles. The molecule has 28 heavy (non-hydrogen) atoms. The van der Waals surface area contributed by atoms with Crippen LogP contribution in [0.25, 0.3) is 11.3 Å². The van der Waals surface area contributed by atoms with Crippen LogP contribution in [0, 0.1) is 12.8 Å². The molecule has 3 N–H and O–H groups in total. The van der Waals surface area contributed by atoms with E-state index in [9.17, 15) is 5.11 Å². The summed E-state index contributed by atoms with van der Waals surface area (Å²) in [6.07, 6.45) is 3.47. The highest BCUT2D eigenvalue weighted by Crippen LogP contribution is 2.26. The number of nitrogens with zero attached hydrogens (tertiary/aromatic N) is 3. The molecule has 2 heterocycles. The quantitative estimate of drug-likeness (QED) is 0.537. The van der Waals surface area contributed by atoms with Gasteiger partial charge in [-0.25, -0.2) is 4.98 Å². The van der Waals surface area contributed by atoms with Crippen molar-refractivity contribution in [1.29, 1.82) is 0 Å². The average molecular weight is 398 g/mol. The number of pyridine rings is 1. The number of hydrogen-bond donors (Lipinski definition) is 3. The second kappa shape index (κ2) is 8.99. The number of benzene rings is 1. The van der Waals surface area contributed by atoms with Crippen LogP contribution >= 0.6 is 11.6 Å². The minimum Gasteiger partial charge on any atom is -0.394 e. The molecule has 0 saturated carbocycles. The molecule has 0 amide bonds. The molecule has 0 radical (unpaired) electrons. The molecule has 1 aromatic carbocycles. The molecule has 7 heteroatoms. The molecule has 1 atom stereocenters. The molecule has 0 spiro atoms. The molecule has 0 fully saturated rings. The third kappa shape index (κ3) is 4.97. The van der Waals surface area contributed by atoms with Crippen molar-refractivity contribution in [3.8, 4) is 11.3 Å². The molecule has 6 nitrogen and oxygen atoms in total. The van der Waals surface area contributed by atoms with Gasteiger partial charge in [-0.1, -0.05) is 31.5 Å². The zero-order chi connectivity index (χ0) is 20.1. The van der Waals surface area contributed by atoms with Crippen LogP contribution < -0.4 is 10.6 Å². The maximum absolute atomic E-state index is 9.65. The van der Waals surface area contributed by atoms with Crippen LogP contribution in [-0.4, -0.2) is 32.7 Å². The van der Waals surface area contributed by atoms with Gasteiger partial charge in [-0.05, 0) is 42.7 Å². The third-order valence-electron chi connectivity index (χ3n) is 4.44. The van der Waals surface area contributed by atoms with E-state index >= 15 is 0 Å². The lowest BCUT2D eigenvalue weighted by atomic mass is 10.1. The fourth-order valence-corrected chi connectivity index (χ4v) is 2.83. The second-order valence-electron chi connectivity index (χ2n) is 6.97. The van der Waals surface area contributed by atoms with Gasteiger partial charge in [0.2, 0.25) is 5.95 Å². The normalized spacial score (nSPS) is 12.1. The van der Waals surface area contributed by atoms with Gasteiger partial charge in [-0.3, -0.25) is 4.98 Å². The summed E-state index contributed by atoms with van der Waals surface area (Å²) in [6.45, 7) is 6.02. The molecule has 0 aliphatic rings. The number of hydrogen-bond acceptors (Lipinski definition) is 6. The minimum absolute atomic E-state index is 0.00548. The summed E-state index contributed by atoms with van der Waals surface area (Å²) in [5, 5.41) is 16.8. The van der Waals surface area contributed by atoms with Crippen molar-refractivity contribution in [3.63, 3.8) is 0 Å². The summed E-state index contributed by atoms with van der Waals surface area (Å²) in [6, 6.07) is 11.3. The number of aryl methyl sites for hydroxylation is 1.